The van der Waals surface area contributed by atoms with Crippen molar-refractivity contribution in [2.24, 2.45) is 0 Å². The number of aliphatic hydroxyl groups is 2. The van der Waals surface area contributed by atoms with Crippen molar-refractivity contribution < 1.29 is 14.9 Å². The first-order valence-electron chi connectivity index (χ1n) is 7.78. The number of ether oxygens (including phenoxy) is 1. The van der Waals surface area contributed by atoms with Crippen LogP contribution in [0.25, 0.3) is 0 Å². The summed E-state index contributed by atoms with van der Waals surface area (Å²) in [4.78, 5) is 26.0. The predicted octanol–water partition coefficient (Wildman–Crippen LogP) is -0.0164. The standard InChI is InChI=1S/C16H25N2O5P/c1-5-6-10-9-18(16(22)17-14(10)21)15-13(20)12(19)11(23-15)7-8-24(2,3)4/h5,9,11-13,15,19-20H,1-2,6-8H2,3-4H3,(H,17,21,22)/t11-,12-,13-,15-/m1/s1. The summed E-state index contributed by atoms with van der Waals surface area (Å²) in [6.07, 6.45) is 4.69. The van der Waals surface area contributed by atoms with Crippen LogP contribution in [-0.2, 0) is 11.2 Å². The minimum absolute atomic E-state index is 0.282. The van der Waals surface area contributed by atoms with Gasteiger partial charge in [0.05, 0.1) is 6.10 Å². The molecule has 0 aliphatic carbocycles. The molecule has 1 aliphatic heterocycles. The van der Waals surface area contributed by atoms with Gasteiger partial charge in [-0.2, -0.15) is 0 Å². The van der Waals surface area contributed by atoms with Gasteiger partial charge in [0.2, 0.25) is 0 Å². The maximum Gasteiger partial charge on any atom is 0.330 e. The minimum Gasteiger partial charge on any atom is -0.388 e. The first-order valence-corrected chi connectivity index (χ1v) is 10.8. The molecule has 0 spiro atoms. The van der Waals surface area contributed by atoms with Crippen LogP contribution >= 0.6 is 6.89 Å². The quantitative estimate of drug-likeness (QED) is 0.491. The normalized spacial score (nSPS) is 27.3. The zero-order valence-corrected chi connectivity index (χ0v) is 14.9. The van der Waals surface area contributed by atoms with Crippen LogP contribution in [0.1, 0.15) is 18.2 Å². The molecule has 1 aromatic heterocycles. The number of hydrogen-bond donors (Lipinski definition) is 3. The summed E-state index contributed by atoms with van der Waals surface area (Å²) >= 11 is 0. The Morgan fingerprint density at radius 3 is 2.62 bits per heavy atom. The highest BCUT2D eigenvalue weighted by molar-refractivity contribution is 7.72. The number of H-pyrrole nitrogens is 1. The maximum atomic E-state index is 12.1. The summed E-state index contributed by atoms with van der Waals surface area (Å²) in [5.74, 6) is 0. The number of allylic oxidation sites excluding steroid dienone is 1. The number of nitrogens with one attached hydrogen (secondary N) is 1. The van der Waals surface area contributed by atoms with Crippen LogP contribution in [0.5, 0.6) is 0 Å². The van der Waals surface area contributed by atoms with Crippen molar-refractivity contribution in [3.05, 3.63) is 45.3 Å². The molecule has 3 N–H and O–H groups in total. The summed E-state index contributed by atoms with van der Waals surface area (Å²) in [5, 5.41) is 20.5. The van der Waals surface area contributed by atoms with Gasteiger partial charge in [-0.25, -0.2) is 4.79 Å². The molecule has 0 unspecified atom stereocenters. The summed E-state index contributed by atoms with van der Waals surface area (Å²) in [6, 6.07) is 0. The SMILES string of the molecule is C=CCc1cn([C@@H]2O[C@H](CCP(=C)(C)C)[C@@H](O)[C@H]2O)c(=O)[nH]c1=O. The van der Waals surface area contributed by atoms with Crippen molar-refractivity contribution in [2.75, 3.05) is 19.5 Å². The fourth-order valence-electron chi connectivity index (χ4n) is 2.69. The number of aromatic nitrogens is 2. The third-order valence-electron chi connectivity index (χ3n) is 4.04. The highest BCUT2D eigenvalue weighted by Gasteiger charge is 2.43. The summed E-state index contributed by atoms with van der Waals surface area (Å²) < 4.78 is 6.85. The Balaban J connectivity index is 2.28. The van der Waals surface area contributed by atoms with Gasteiger partial charge in [-0.15, -0.1) is 19.8 Å². The maximum absolute atomic E-state index is 12.1. The molecule has 24 heavy (non-hydrogen) atoms. The van der Waals surface area contributed by atoms with E-state index in [0.717, 1.165) is 10.7 Å². The van der Waals surface area contributed by atoms with E-state index in [1.165, 1.54) is 6.20 Å². The van der Waals surface area contributed by atoms with Crippen LogP contribution in [0.3, 0.4) is 0 Å². The summed E-state index contributed by atoms with van der Waals surface area (Å²) in [5.41, 5.74) is -0.845. The largest absolute Gasteiger partial charge is 0.388 e. The van der Waals surface area contributed by atoms with E-state index in [4.69, 9.17) is 4.74 Å². The molecule has 2 heterocycles. The molecule has 1 aromatic rings. The van der Waals surface area contributed by atoms with Gasteiger partial charge in [0.25, 0.3) is 5.56 Å². The van der Waals surface area contributed by atoms with Crippen molar-refractivity contribution in [2.45, 2.75) is 37.4 Å². The van der Waals surface area contributed by atoms with E-state index in [9.17, 15) is 19.8 Å². The van der Waals surface area contributed by atoms with Gasteiger partial charge in [-0.3, -0.25) is 14.3 Å². The predicted molar refractivity (Wildman–Crippen MR) is 96.5 cm³/mol. The second-order valence-corrected chi connectivity index (χ2v) is 11.1. The molecule has 0 bridgehead atoms. The van der Waals surface area contributed by atoms with Crippen molar-refractivity contribution in [3.63, 3.8) is 0 Å². The number of hydrogen-bond acceptors (Lipinski definition) is 5. The zero-order chi connectivity index (χ0) is 18.1. The van der Waals surface area contributed by atoms with E-state index in [1.54, 1.807) is 6.08 Å². The average molecular weight is 356 g/mol. The van der Waals surface area contributed by atoms with Crippen LogP contribution in [-0.4, -0.2) is 63.9 Å². The molecule has 134 valence electrons. The van der Waals surface area contributed by atoms with Crippen molar-refractivity contribution in [1.29, 1.82) is 0 Å². The van der Waals surface area contributed by atoms with E-state index < -0.39 is 42.7 Å². The third kappa shape index (κ3) is 4.16. The molecule has 0 radical (unpaired) electrons. The van der Waals surface area contributed by atoms with Crippen LogP contribution in [0, 0.1) is 0 Å². The molecule has 4 atom stereocenters. The Bertz CT molecular complexity index is 762. The molecule has 0 aromatic carbocycles. The van der Waals surface area contributed by atoms with Gasteiger partial charge in [-0.1, -0.05) is 6.08 Å². The second-order valence-electron chi connectivity index (χ2n) is 6.81. The fourth-order valence-corrected chi connectivity index (χ4v) is 3.64. The Hall–Kier alpha value is -1.40. The van der Waals surface area contributed by atoms with E-state index in [2.05, 4.69) is 31.2 Å². The molecule has 1 saturated heterocycles. The Labute approximate surface area is 140 Å². The highest BCUT2D eigenvalue weighted by Crippen LogP contribution is 2.39. The first-order chi connectivity index (χ1) is 11.1. The van der Waals surface area contributed by atoms with Crippen LogP contribution in [0.15, 0.2) is 28.4 Å². The van der Waals surface area contributed by atoms with Crippen LogP contribution in [0.4, 0.5) is 0 Å². The van der Waals surface area contributed by atoms with Gasteiger partial charge in [0.1, 0.15) is 12.2 Å². The lowest BCUT2D eigenvalue weighted by Gasteiger charge is -2.19. The van der Waals surface area contributed by atoms with Gasteiger partial charge < -0.3 is 14.9 Å². The van der Waals surface area contributed by atoms with Crippen molar-refractivity contribution in [3.8, 4) is 0 Å². The molecule has 1 fully saturated rings. The smallest absolute Gasteiger partial charge is 0.330 e. The van der Waals surface area contributed by atoms with Crippen molar-refractivity contribution in [1.82, 2.24) is 9.55 Å². The third-order valence-corrected chi connectivity index (χ3v) is 5.50. The van der Waals surface area contributed by atoms with Crippen LogP contribution in [0.2, 0.25) is 0 Å². The molecule has 7 nitrogen and oxygen atoms in total. The van der Waals surface area contributed by atoms with Gasteiger partial charge in [0, 0.05) is 11.8 Å². The fraction of sp³-hybridized carbons (Fsp3) is 0.562. The summed E-state index contributed by atoms with van der Waals surface area (Å²) in [6.45, 7) is 6.44. The van der Waals surface area contributed by atoms with E-state index in [0.29, 0.717) is 12.0 Å². The van der Waals surface area contributed by atoms with Crippen LogP contribution < -0.4 is 11.2 Å². The topological polar surface area (TPSA) is 105 Å². The number of aliphatic hydroxyl groups excluding tert-OH is 2. The van der Waals surface area contributed by atoms with E-state index in [1.807, 2.05) is 0 Å². The Kier molecular flexibility index (Phi) is 5.71. The lowest BCUT2D eigenvalue weighted by molar-refractivity contribution is -0.0403. The molecular weight excluding hydrogens is 331 g/mol. The zero-order valence-electron chi connectivity index (χ0n) is 14.0. The monoisotopic (exact) mass is 356 g/mol. The molecular formula is C16H25N2O5P. The molecule has 8 heteroatoms. The van der Waals surface area contributed by atoms with Gasteiger partial charge in [-0.05, 0) is 32.3 Å². The second kappa shape index (κ2) is 7.23. The minimum atomic E-state index is -1.29. The van der Waals surface area contributed by atoms with Gasteiger partial charge in [0.15, 0.2) is 6.23 Å². The number of aromatic amines is 1. The number of nitrogens with zero attached hydrogens (tertiary/aromatic N) is 1. The van der Waals surface area contributed by atoms with Gasteiger partial charge >= 0.3 is 5.69 Å². The summed E-state index contributed by atoms with van der Waals surface area (Å²) in [7, 11) is 0. The van der Waals surface area contributed by atoms with E-state index >= 15 is 0 Å². The molecule has 0 saturated carbocycles. The Morgan fingerprint density at radius 2 is 2.04 bits per heavy atom. The van der Waals surface area contributed by atoms with E-state index in [-0.39, 0.29) is 6.42 Å². The lowest BCUT2D eigenvalue weighted by atomic mass is 10.1. The number of rotatable bonds is 6. The average Bonchev–Trinajstić information content (AvgIpc) is 2.75. The lowest BCUT2D eigenvalue weighted by Crippen LogP contribution is -2.38. The first kappa shape index (κ1) is 18.9. The molecule has 0 amide bonds. The highest BCUT2D eigenvalue weighted by atomic mass is 31.2. The van der Waals surface area contributed by atoms with Crippen molar-refractivity contribution >= 4 is 13.2 Å². The Morgan fingerprint density at radius 1 is 1.38 bits per heavy atom. The molecule has 2 rings (SSSR count). The molecule has 1 aliphatic rings.